The van der Waals surface area contributed by atoms with Crippen LogP contribution >= 0.6 is 0 Å². The zero-order valence-electron chi connectivity index (χ0n) is 21.4. The van der Waals surface area contributed by atoms with Crippen LogP contribution in [0, 0.1) is 0 Å². The molecule has 4 N–H and O–H groups in total. The van der Waals surface area contributed by atoms with Gasteiger partial charge in [-0.25, -0.2) is 9.97 Å². The molecule has 39 heavy (non-hydrogen) atoms. The van der Waals surface area contributed by atoms with Gasteiger partial charge in [0.25, 0.3) is 11.5 Å². The minimum absolute atomic E-state index is 0.0526. The monoisotopic (exact) mass is 520 g/mol. The maximum Gasteiger partial charge on any atom is 0.264 e. The summed E-state index contributed by atoms with van der Waals surface area (Å²) < 4.78 is 3.39. The van der Waals surface area contributed by atoms with Crippen LogP contribution in [0.25, 0.3) is 22.2 Å². The molecule has 1 fully saturated rings. The Kier molecular flexibility index (Phi) is 6.20. The van der Waals surface area contributed by atoms with E-state index in [1.54, 1.807) is 24.4 Å². The molecule has 1 amide bonds. The van der Waals surface area contributed by atoms with E-state index in [1.165, 1.54) is 10.9 Å². The molecule has 0 saturated heterocycles. The Morgan fingerprint density at radius 2 is 1.85 bits per heavy atom. The molecule has 5 aromatic rings. The number of rotatable bonds is 7. The molecule has 196 valence electrons. The van der Waals surface area contributed by atoms with E-state index < -0.39 is 17.5 Å². The summed E-state index contributed by atoms with van der Waals surface area (Å²) in [6, 6.07) is 17.8. The van der Waals surface area contributed by atoms with Crippen LogP contribution in [0.15, 0.2) is 84.2 Å². The molecule has 9 nitrogen and oxygen atoms in total. The van der Waals surface area contributed by atoms with Gasteiger partial charge in [0.15, 0.2) is 0 Å². The number of nitrogens with zero attached hydrogens (tertiary/aromatic N) is 4. The SMILES string of the molecule is Cn1cc(-c2ccc(NC(=O)c3cc(C4CC4)cn([C@@H](CO)c4ccccc4)c3=O)cc2)c2c(N)ncnc21. The predicted molar refractivity (Wildman–Crippen MR) is 151 cm³/mol. The molecular weight excluding hydrogens is 492 g/mol. The number of nitrogen functional groups attached to an aromatic ring is 1. The summed E-state index contributed by atoms with van der Waals surface area (Å²) in [5, 5.41) is 13.8. The lowest BCUT2D eigenvalue weighted by molar-refractivity contribution is 0.102. The van der Waals surface area contributed by atoms with E-state index in [1.807, 2.05) is 60.3 Å². The van der Waals surface area contributed by atoms with Gasteiger partial charge in [0.2, 0.25) is 0 Å². The maximum atomic E-state index is 13.5. The molecule has 0 aliphatic heterocycles. The number of carbonyl (C=O) groups is 1. The van der Waals surface area contributed by atoms with E-state index in [9.17, 15) is 14.7 Å². The lowest BCUT2D eigenvalue weighted by atomic mass is 10.0. The van der Waals surface area contributed by atoms with Gasteiger partial charge >= 0.3 is 0 Å². The van der Waals surface area contributed by atoms with Crippen LogP contribution in [0.5, 0.6) is 0 Å². The Labute approximate surface area is 224 Å². The smallest absolute Gasteiger partial charge is 0.264 e. The topological polar surface area (TPSA) is 128 Å². The molecule has 3 aromatic heterocycles. The number of anilines is 2. The van der Waals surface area contributed by atoms with Crippen molar-refractivity contribution in [3.05, 3.63) is 106 Å². The summed E-state index contributed by atoms with van der Waals surface area (Å²) >= 11 is 0. The normalized spacial score (nSPS) is 13.9. The van der Waals surface area contributed by atoms with E-state index in [4.69, 9.17) is 5.73 Å². The Morgan fingerprint density at radius 3 is 2.54 bits per heavy atom. The lowest BCUT2D eigenvalue weighted by Crippen LogP contribution is -2.33. The standard InChI is InChI=1S/C30H28N6O3/c1-35-15-24(26-27(31)32-17-33-28(26)35)19-9-11-22(12-10-19)34-29(38)23-13-21(18-7-8-18)14-36(30(23)39)25(16-37)20-5-3-2-4-6-20/h2-6,9-15,17-18,25,37H,7-8,16H2,1H3,(H,34,38)(H2,31,32,33)/t25-/m0/s1. The van der Waals surface area contributed by atoms with E-state index in [2.05, 4.69) is 15.3 Å². The summed E-state index contributed by atoms with van der Waals surface area (Å²) in [6.45, 7) is -0.260. The first kappa shape index (κ1) is 24.6. The van der Waals surface area contributed by atoms with E-state index in [0.29, 0.717) is 17.4 Å². The van der Waals surface area contributed by atoms with E-state index >= 15 is 0 Å². The molecule has 0 unspecified atom stereocenters. The van der Waals surface area contributed by atoms with Gasteiger partial charge in [-0.15, -0.1) is 0 Å². The van der Waals surface area contributed by atoms with Crippen molar-refractivity contribution in [2.24, 2.45) is 7.05 Å². The average Bonchev–Trinajstić information content (AvgIpc) is 3.74. The van der Waals surface area contributed by atoms with Gasteiger partial charge in [-0.1, -0.05) is 42.5 Å². The molecule has 1 aliphatic carbocycles. The van der Waals surface area contributed by atoms with Crippen LogP contribution in [-0.2, 0) is 7.05 Å². The summed E-state index contributed by atoms with van der Waals surface area (Å²) in [5.74, 6) is 0.225. The second-order valence-electron chi connectivity index (χ2n) is 9.93. The summed E-state index contributed by atoms with van der Waals surface area (Å²) in [7, 11) is 1.90. The van der Waals surface area contributed by atoms with E-state index in [0.717, 1.165) is 46.1 Å². The molecule has 3 heterocycles. The van der Waals surface area contributed by atoms with Crippen molar-refractivity contribution in [3.8, 4) is 11.1 Å². The summed E-state index contributed by atoms with van der Waals surface area (Å²) in [5.41, 5.74) is 10.5. The fourth-order valence-electron chi connectivity index (χ4n) is 5.07. The first-order valence-electron chi connectivity index (χ1n) is 12.8. The zero-order chi connectivity index (χ0) is 27.1. The average molecular weight is 521 g/mol. The number of benzene rings is 2. The number of hydrogen-bond acceptors (Lipinski definition) is 6. The van der Waals surface area contributed by atoms with Gasteiger partial charge in [0.05, 0.1) is 18.0 Å². The van der Waals surface area contributed by atoms with Crippen molar-refractivity contribution < 1.29 is 9.90 Å². The molecule has 0 spiro atoms. The number of aliphatic hydroxyl groups is 1. The van der Waals surface area contributed by atoms with Gasteiger partial charge in [-0.2, -0.15) is 0 Å². The number of carbonyl (C=O) groups excluding carboxylic acids is 1. The minimum atomic E-state index is -0.583. The Balaban J connectivity index is 1.31. The molecule has 0 bridgehead atoms. The Hall–Kier alpha value is -4.76. The highest BCUT2D eigenvalue weighted by Crippen LogP contribution is 2.40. The van der Waals surface area contributed by atoms with Crippen LogP contribution in [0.1, 0.15) is 46.3 Å². The number of nitrogens with two attached hydrogens (primary N) is 1. The number of aryl methyl sites for hydroxylation is 1. The third kappa shape index (κ3) is 4.57. The van der Waals surface area contributed by atoms with Crippen LogP contribution in [0.2, 0.25) is 0 Å². The first-order valence-corrected chi connectivity index (χ1v) is 12.8. The molecule has 2 aromatic carbocycles. The summed E-state index contributed by atoms with van der Waals surface area (Å²) in [4.78, 5) is 35.4. The first-order chi connectivity index (χ1) is 18.9. The van der Waals surface area contributed by atoms with Crippen molar-refractivity contribution in [1.82, 2.24) is 19.1 Å². The molecule has 1 saturated carbocycles. The Bertz CT molecular complexity index is 1740. The van der Waals surface area contributed by atoms with Crippen LogP contribution in [0.3, 0.4) is 0 Å². The number of aromatic nitrogens is 4. The molecule has 9 heteroatoms. The molecule has 1 atom stereocenters. The van der Waals surface area contributed by atoms with Gasteiger partial charge < -0.3 is 25.3 Å². The number of aliphatic hydroxyl groups excluding tert-OH is 1. The Morgan fingerprint density at radius 1 is 1.10 bits per heavy atom. The lowest BCUT2D eigenvalue weighted by Gasteiger charge is -2.20. The number of fused-ring (bicyclic) bond motifs is 1. The predicted octanol–water partition coefficient (Wildman–Crippen LogP) is 4.09. The van der Waals surface area contributed by atoms with Gasteiger partial charge in [0.1, 0.15) is 23.4 Å². The molecular formula is C30H28N6O3. The van der Waals surface area contributed by atoms with Gasteiger partial charge in [0, 0.05) is 30.7 Å². The number of amides is 1. The second kappa shape index (κ2) is 9.85. The van der Waals surface area contributed by atoms with E-state index in [-0.39, 0.29) is 12.2 Å². The molecule has 1 aliphatic rings. The van der Waals surface area contributed by atoms with Gasteiger partial charge in [-0.05, 0) is 53.6 Å². The minimum Gasteiger partial charge on any atom is -0.394 e. The van der Waals surface area contributed by atoms with Crippen molar-refractivity contribution in [2.75, 3.05) is 17.7 Å². The fourth-order valence-corrected chi connectivity index (χ4v) is 5.07. The van der Waals surface area contributed by atoms with Gasteiger partial charge in [-0.3, -0.25) is 9.59 Å². The van der Waals surface area contributed by atoms with Crippen molar-refractivity contribution in [3.63, 3.8) is 0 Å². The highest BCUT2D eigenvalue weighted by Gasteiger charge is 2.28. The summed E-state index contributed by atoms with van der Waals surface area (Å²) in [6.07, 6.45) is 7.20. The number of pyridine rings is 1. The number of hydrogen-bond donors (Lipinski definition) is 3. The van der Waals surface area contributed by atoms with Crippen molar-refractivity contribution in [1.29, 1.82) is 0 Å². The van der Waals surface area contributed by atoms with Crippen LogP contribution in [0.4, 0.5) is 11.5 Å². The molecule has 6 rings (SSSR count). The fraction of sp³-hybridized carbons (Fsp3) is 0.200. The zero-order valence-corrected chi connectivity index (χ0v) is 21.4. The highest BCUT2D eigenvalue weighted by atomic mass is 16.3. The largest absolute Gasteiger partial charge is 0.394 e. The second-order valence-corrected chi connectivity index (χ2v) is 9.93. The highest BCUT2D eigenvalue weighted by molar-refractivity contribution is 6.05. The third-order valence-corrected chi connectivity index (χ3v) is 7.29. The number of nitrogens with one attached hydrogen (secondary N) is 1. The van der Waals surface area contributed by atoms with Crippen LogP contribution < -0.4 is 16.6 Å². The third-order valence-electron chi connectivity index (χ3n) is 7.29. The van der Waals surface area contributed by atoms with Crippen molar-refractivity contribution in [2.45, 2.75) is 24.8 Å². The quantitative estimate of drug-likeness (QED) is 0.297. The van der Waals surface area contributed by atoms with Crippen molar-refractivity contribution >= 4 is 28.4 Å². The maximum absolute atomic E-state index is 13.5. The molecule has 0 radical (unpaired) electrons. The van der Waals surface area contributed by atoms with Crippen LogP contribution in [-0.4, -0.2) is 36.7 Å².